The fourth-order valence-electron chi connectivity index (χ4n) is 0.519. The van der Waals surface area contributed by atoms with E-state index in [0.29, 0.717) is 0 Å². The summed E-state index contributed by atoms with van der Waals surface area (Å²) in [4.78, 5) is 9.52. The van der Waals surface area contributed by atoms with Gasteiger partial charge < -0.3 is 4.52 Å². The third kappa shape index (κ3) is 0.883. The van der Waals surface area contributed by atoms with Gasteiger partial charge in [-0.3, -0.25) is 10.1 Å². The second-order valence-electron chi connectivity index (χ2n) is 1.55. The molecule has 0 saturated heterocycles. The molecule has 1 heterocycles. The first-order valence-electron chi connectivity index (χ1n) is 2.47. The van der Waals surface area contributed by atoms with Crippen LogP contribution in [0.15, 0.2) is 17.4 Å². The van der Waals surface area contributed by atoms with Crippen molar-refractivity contribution < 1.29 is 9.45 Å². The minimum atomic E-state index is -0.576. The van der Waals surface area contributed by atoms with Crippen LogP contribution in [0, 0.1) is 10.1 Å². The lowest BCUT2D eigenvalue weighted by atomic mass is 10.4. The molecule has 5 nitrogen and oxygen atoms in total. The molecule has 0 amide bonds. The van der Waals surface area contributed by atoms with Gasteiger partial charge in [0.15, 0.2) is 5.69 Å². The van der Waals surface area contributed by atoms with Crippen LogP contribution in [0.1, 0.15) is 5.69 Å². The van der Waals surface area contributed by atoms with Crippen LogP contribution in [0.5, 0.6) is 0 Å². The maximum absolute atomic E-state index is 10.1. The fraction of sp³-hybridized carbons (Fsp3) is 0. The van der Waals surface area contributed by atoms with Crippen molar-refractivity contribution in [3.8, 4) is 0 Å². The minimum Gasteiger partial charge on any atom is -0.357 e. The van der Waals surface area contributed by atoms with E-state index in [9.17, 15) is 10.1 Å². The van der Waals surface area contributed by atoms with Gasteiger partial charge in [-0.2, -0.15) is 0 Å². The van der Waals surface area contributed by atoms with Gasteiger partial charge in [-0.15, -0.1) is 0 Å². The van der Waals surface area contributed by atoms with Crippen LogP contribution in [0.4, 0.5) is 5.69 Å². The summed E-state index contributed by atoms with van der Waals surface area (Å²) in [5.41, 5.74) is 0.000000000000000444. The topological polar surface area (TPSA) is 69.2 Å². The molecule has 0 fully saturated rings. The lowest BCUT2D eigenvalue weighted by Crippen LogP contribution is -1.87. The molecular weight excluding hydrogens is 136 g/mol. The van der Waals surface area contributed by atoms with Gasteiger partial charge in [0.25, 0.3) is 0 Å². The molecule has 1 aromatic heterocycles. The monoisotopic (exact) mass is 140 g/mol. The van der Waals surface area contributed by atoms with Crippen LogP contribution in [-0.4, -0.2) is 10.1 Å². The number of nitro groups is 1. The van der Waals surface area contributed by atoms with Crippen LogP contribution in [-0.2, 0) is 0 Å². The standard InChI is InChI=1S/C5H4N2O3/c1-2-4-5(7(8)9)3-10-6-4/h2-3H,1H2. The average Bonchev–Trinajstić information content (AvgIpc) is 2.33. The summed E-state index contributed by atoms with van der Waals surface area (Å²) in [7, 11) is 0. The van der Waals surface area contributed by atoms with Crippen LogP contribution < -0.4 is 0 Å². The van der Waals surface area contributed by atoms with E-state index in [4.69, 9.17) is 0 Å². The van der Waals surface area contributed by atoms with E-state index in [2.05, 4.69) is 16.3 Å². The Labute approximate surface area is 56.1 Å². The Kier molecular flexibility index (Phi) is 1.49. The zero-order valence-electron chi connectivity index (χ0n) is 4.98. The van der Waals surface area contributed by atoms with E-state index < -0.39 is 4.92 Å². The van der Waals surface area contributed by atoms with Crippen molar-refractivity contribution in [3.05, 3.63) is 28.7 Å². The number of aromatic nitrogens is 1. The molecule has 0 aliphatic carbocycles. The normalized spacial score (nSPS) is 9.20. The number of rotatable bonds is 2. The van der Waals surface area contributed by atoms with Gasteiger partial charge >= 0.3 is 5.69 Å². The zero-order valence-corrected chi connectivity index (χ0v) is 4.98. The van der Waals surface area contributed by atoms with Crippen molar-refractivity contribution in [3.63, 3.8) is 0 Å². The van der Waals surface area contributed by atoms with E-state index >= 15 is 0 Å². The summed E-state index contributed by atoms with van der Waals surface area (Å²) in [6, 6.07) is 0. The molecule has 0 spiro atoms. The smallest absolute Gasteiger partial charge is 0.335 e. The van der Waals surface area contributed by atoms with Gasteiger partial charge in [0.1, 0.15) is 0 Å². The first-order chi connectivity index (χ1) is 4.75. The minimum absolute atomic E-state index is 0.157. The molecule has 1 aromatic rings. The molecule has 52 valence electrons. The largest absolute Gasteiger partial charge is 0.357 e. The fourth-order valence-corrected chi connectivity index (χ4v) is 0.519. The molecule has 10 heavy (non-hydrogen) atoms. The molecule has 0 atom stereocenters. The summed E-state index contributed by atoms with van der Waals surface area (Å²) in [6.45, 7) is 3.32. The number of hydrogen-bond donors (Lipinski definition) is 0. The van der Waals surface area contributed by atoms with Crippen molar-refractivity contribution in [2.45, 2.75) is 0 Å². The Morgan fingerprint density at radius 1 is 1.90 bits per heavy atom. The summed E-state index contributed by atoms with van der Waals surface area (Å²) < 4.78 is 4.33. The SMILES string of the molecule is C=Cc1nocc1[N+](=O)[O-]. The second kappa shape index (κ2) is 2.30. The highest BCUT2D eigenvalue weighted by molar-refractivity contribution is 5.52. The highest BCUT2D eigenvalue weighted by Gasteiger charge is 2.14. The third-order valence-electron chi connectivity index (χ3n) is 0.968. The maximum atomic E-state index is 10.1. The molecular formula is C5H4N2O3. The van der Waals surface area contributed by atoms with Gasteiger partial charge in [0, 0.05) is 0 Å². The van der Waals surface area contributed by atoms with Crippen LogP contribution in [0.25, 0.3) is 6.08 Å². The lowest BCUT2D eigenvalue weighted by Gasteiger charge is -1.81. The molecule has 0 saturated carbocycles. The molecule has 0 aromatic carbocycles. The highest BCUT2D eigenvalue weighted by atomic mass is 16.6. The van der Waals surface area contributed by atoms with E-state index in [0.717, 1.165) is 6.26 Å². The van der Waals surface area contributed by atoms with Crippen molar-refractivity contribution in [2.75, 3.05) is 0 Å². The van der Waals surface area contributed by atoms with Crippen molar-refractivity contribution in [1.82, 2.24) is 5.16 Å². The van der Waals surface area contributed by atoms with Crippen LogP contribution >= 0.6 is 0 Å². The molecule has 0 unspecified atom stereocenters. The summed E-state index contributed by atoms with van der Waals surface area (Å²) in [5.74, 6) is 0. The van der Waals surface area contributed by atoms with E-state index in [1.54, 1.807) is 0 Å². The molecule has 5 heteroatoms. The van der Waals surface area contributed by atoms with Gasteiger partial charge in [-0.25, -0.2) is 0 Å². The molecule has 0 radical (unpaired) electrons. The molecule has 0 bridgehead atoms. The predicted octanol–water partition coefficient (Wildman–Crippen LogP) is 1.23. The van der Waals surface area contributed by atoms with Gasteiger partial charge in [0.05, 0.1) is 4.92 Å². The van der Waals surface area contributed by atoms with Crippen LogP contribution in [0.2, 0.25) is 0 Å². The first kappa shape index (κ1) is 6.47. The van der Waals surface area contributed by atoms with Crippen LogP contribution in [0.3, 0.4) is 0 Å². The Bertz CT molecular complexity index is 266. The summed E-state index contributed by atoms with van der Waals surface area (Å²) in [6.07, 6.45) is 2.23. The van der Waals surface area contributed by atoms with E-state index in [1.165, 1.54) is 6.08 Å². The van der Waals surface area contributed by atoms with E-state index in [-0.39, 0.29) is 11.4 Å². The molecule has 0 aliphatic rings. The van der Waals surface area contributed by atoms with Gasteiger partial charge in [0.2, 0.25) is 6.26 Å². The predicted molar refractivity (Wildman–Crippen MR) is 33.2 cm³/mol. The maximum Gasteiger partial charge on any atom is 0.335 e. The Hall–Kier alpha value is -1.65. The van der Waals surface area contributed by atoms with Crippen molar-refractivity contribution in [1.29, 1.82) is 0 Å². The summed E-state index contributed by atoms with van der Waals surface area (Å²) >= 11 is 0. The van der Waals surface area contributed by atoms with Gasteiger partial charge in [-0.05, 0) is 6.08 Å². The summed E-state index contributed by atoms with van der Waals surface area (Å²) in [5, 5.41) is 13.4. The number of hydrogen-bond acceptors (Lipinski definition) is 4. The molecule has 0 aliphatic heterocycles. The van der Waals surface area contributed by atoms with Crippen molar-refractivity contribution in [2.24, 2.45) is 0 Å². The average molecular weight is 140 g/mol. The third-order valence-corrected chi connectivity index (χ3v) is 0.968. The Morgan fingerprint density at radius 3 is 3.00 bits per heavy atom. The molecule has 0 N–H and O–H groups in total. The lowest BCUT2D eigenvalue weighted by molar-refractivity contribution is -0.385. The van der Waals surface area contributed by atoms with Gasteiger partial charge in [-0.1, -0.05) is 11.7 Å². The first-order valence-corrected chi connectivity index (χ1v) is 2.47. The van der Waals surface area contributed by atoms with E-state index in [1.807, 2.05) is 0 Å². The number of nitrogens with zero attached hydrogens (tertiary/aromatic N) is 2. The second-order valence-corrected chi connectivity index (χ2v) is 1.55. The zero-order chi connectivity index (χ0) is 7.56. The quantitative estimate of drug-likeness (QED) is 0.457. The van der Waals surface area contributed by atoms with Crippen molar-refractivity contribution >= 4 is 11.8 Å². The Balaban J connectivity index is 3.13. The highest BCUT2D eigenvalue weighted by Crippen LogP contribution is 2.16. The molecule has 1 rings (SSSR count). The Morgan fingerprint density at radius 2 is 2.60 bits per heavy atom.